The predicted octanol–water partition coefficient (Wildman–Crippen LogP) is 4.54. The van der Waals surface area contributed by atoms with Crippen LogP contribution in [-0.2, 0) is 23.4 Å². The molecule has 0 saturated heterocycles. The number of rotatable bonds is 7. The van der Waals surface area contributed by atoms with Gasteiger partial charge in [0.15, 0.2) is 0 Å². The molecule has 1 aromatic carbocycles. The Kier molecular flexibility index (Phi) is 6.35. The molecular formula is C22H25N3O2S2. The lowest BCUT2D eigenvalue weighted by atomic mass is 9.97. The van der Waals surface area contributed by atoms with E-state index in [-0.39, 0.29) is 11.5 Å². The van der Waals surface area contributed by atoms with Gasteiger partial charge in [0.25, 0.3) is 5.56 Å². The maximum atomic E-state index is 12.6. The second-order valence-electron chi connectivity index (χ2n) is 7.18. The van der Waals surface area contributed by atoms with E-state index in [0.29, 0.717) is 30.3 Å². The van der Waals surface area contributed by atoms with Crippen LogP contribution in [0.15, 0.2) is 35.1 Å². The number of aromatic nitrogens is 2. The first-order valence-electron chi connectivity index (χ1n) is 10.1. The zero-order chi connectivity index (χ0) is 20.2. The van der Waals surface area contributed by atoms with E-state index < -0.39 is 0 Å². The van der Waals surface area contributed by atoms with Gasteiger partial charge in [-0.1, -0.05) is 18.2 Å². The highest BCUT2D eigenvalue weighted by molar-refractivity contribution is 7.98. The summed E-state index contributed by atoms with van der Waals surface area (Å²) in [5.74, 6) is 2.13. The Morgan fingerprint density at radius 3 is 2.83 bits per heavy atom. The number of hydrogen-bond donors (Lipinski definition) is 1. The van der Waals surface area contributed by atoms with Gasteiger partial charge in [0.1, 0.15) is 10.7 Å². The Morgan fingerprint density at radius 1 is 1.24 bits per heavy atom. The number of nitrogens with zero attached hydrogens (tertiary/aromatic N) is 2. The molecule has 1 aliphatic carbocycles. The molecule has 0 bridgehead atoms. The molecule has 29 heavy (non-hydrogen) atoms. The summed E-state index contributed by atoms with van der Waals surface area (Å²) in [4.78, 5) is 36.8. The van der Waals surface area contributed by atoms with Gasteiger partial charge in [-0.3, -0.25) is 9.59 Å². The van der Waals surface area contributed by atoms with E-state index in [0.717, 1.165) is 35.2 Å². The largest absolute Gasteiger partial charge is 0.313 e. The lowest BCUT2D eigenvalue weighted by Crippen LogP contribution is -2.30. The number of hydrogen-bond acceptors (Lipinski definition) is 5. The van der Waals surface area contributed by atoms with Crippen LogP contribution < -0.4 is 10.5 Å². The molecule has 3 aromatic rings. The Balaban J connectivity index is 1.36. The van der Waals surface area contributed by atoms with Crippen molar-refractivity contribution in [1.29, 1.82) is 0 Å². The van der Waals surface area contributed by atoms with E-state index in [2.05, 4.69) is 4.98 Å². The lowest BCUT2D eigenvalue weighted by Gasteiger charge is -2.20. The van der Waals surface area contributed by atoms with Gasteiger partial charge in [-0.2, -0.15) is 11.8 Å². The number of benzene rings is 1. The average Bonchev–Trinajstić information content (AvgIpc) is 3.11. The van der Waals surface area contributed by atoms with E-state index in [1.807, 2.05) is 42.2 Å². The number of fused-ring (bicyclic) bond motifs is 3. The summed E-state index contributed by atoms with van der Waals surface area (Å²) in [6, 6.07) is 9.76. The van der Waals surface area contributed by atoms with Crippen molar-refractivity contribution in [3.8, 4) is 0 Å². The molecule has 152 valence electrons. The number of anilines is 1. The normalized spacial score (nSPS) is 13.4. The van der Waals surface area contributed by atoms with Crippen molar-refractivity contribution in [2.24, 2.45) is 0 Å². The number of nitrogens with one attached hydrogen (secondary N) is 1. The first-order chi connectivity index (χ1) is 14.2. The van der Waals surface area contributed by atoms with E-state index in [1.165, 1.54) is 16.9 Å². The predicted molar refractivity (Wildman–Crippen MR) is 122 cm³/mol. The van der Waals surface area contributed by atoms with Gasteiger partial charge >= 0.3 is 0 Å². The molecule has 0 fully saturated rings. The number of carbonyl (C=O) groups excluding carboxylic acids is 1. The van der Waals surface area contributed by atoms with E-state index in [9.17, 15) is 9.59 Å². The quantitative estimate of drug-likeness (QED) is 0.562. The molecular weight excluding hydrogens is 402 g/mol. The third kappa shape index (κ3) is 4.41. The number of thioether (sulfide) groups is 1. The number of thiophene rings is 1. The highest BCUT2D eigenvalue weighted by Crippen LogP contribution is 2.33. The second-order valence-corrected chi connectivity index (χ2v) is 9.37. The zero-order valence-corrected chi connectivity index (χ0v) is 18.2. The first-order valence-corrected chi connectivity index (χ1v) is 12.1. The molecule has 0 saturated carbocycles. The minimum Gasteiger partial charge on any atom is -0.313 e. The maximum Gasteiger partial charge on any atom is 0.259 e. The standard InChI is InChI=1S/C22H25N3O2S2/c1-2-25(15-8-4-3-5-9-15)19(26)12-13-28-14-18-23-21(27)20-16-10-6-7-11-17(16)29-22(20)24-18/h3-5,8-9H,2,6-7,10-14H2,1H3,(H,23,24,27). The lowest BCUT2D eigenvalue weighted by molar-refractivity contribution is -0.118. The summed E-state index contributed by atoms with van der Waals surface area (Å²) in [5, 5.41) is 0.801. The summed E-state index contributed by atoms with van der Waals surface area (Å²) < 4.78 is 0. The van der Waals surface area contributed by atoms with Crippen LogP contribution in [0.2, 0.25) is 0 Å². The van der Waals surface area contributed by atoms with Crippen LogP contribution in [0.1, 0.15) is 42.5 Å². The molecule has 5 nitrogen and oxygen atoms in total. The molecule has 0 radical (unpaired) electrons. The van der Waals surface area contributed by atoms with Gasteiger partial charge in [-0.15, -0.1) is 11.3 Å². The molecule has 7 heteroatoms. The summed E-state index contributed by atoms with van der Waals surface area (Å²) in [7, 11) is 0. The average molecular weight is 428 g/mol. The molecule has 1 N–H and O–H groups in total. The van der Waals surface area contributed by atoms with Crippen LogP contribution >= 0.6 is 23.1 Å². The Hall–Kier alpha value is -2.12. The Labute approximate surface area is 178 Å². The molecule has 0 atom stereocenters. The number of H-pyrrole nitrogens is 1. The molecule has 0 aliphatic heterocycles. The van der Waals surface area contributed by atoms with E-state index in [4.69, 9.17) is 4.98 Å². The van der Waals surface area contributed by atoms with Gasteiger partial charge in [-0.05, 0) is 50.3 Å². The van der Waals surface area contributed by atoms with Gasteiger partial charge in [0.05, 0.1) is 11.1 Å². The van der Waals surface area contributed by atoms with Gasteiger partial charge in [-0.25, -0.2) is 4.98 Å². The molecule has 1 amide bonds. The third-order valence-electron chi connectivity index (χ3n) is 5.26. The number of aryl methyl sites for hydroxylation is 2. The first kappa shape index (κ1) is 20.2. The van der Waals surface area contributed by atoms with Crippen molar-refractivity contribution in [2.45, 2.75) is 44.8 Å². The van der Waals surface area contributed by atoms with Crippen LogP contribution in [0.4, 0.5) is 5.69 Å². The molecule has 1 aliphatic rings. The van der Waals surface area contributed by atoms with Crippen molar-refractivity contribution in [3.05, 3.63) is 57.0 Å². The summed E-state index contributed by atoms with van der Waals surface area (Å²) in [6.07, 6.45) is 4.88. The molecule has 0 spiro atoms. The topological polar surface area (TPSA) is 66.1 Å². The van der Waals surface area contributed by atoms with Crippen molar-refractivity contribution in [3.63, 3.8) is 0 Å². The van der Waals surface area contributed by atoms with Crippen molar-refractivity contribution >= 4 is 44.9 Å². The van der Waals surface area contributed by atoms with Crippen LogP contribution in [0.3, 0.4) is 0 Å². The number of amides is 1. The number of aromatic amines is 1. The highest BCUT2D eigenvalue weighted by Gasteiger charge is 2.20. The third-order valence-corrected chi connectivity index (χ3v) is 7.41. The fourth-order valence-electron chi connectivity index (χ4n) is 3.85. The van der Waals surface area contributed by atoms with E-state index in [1.54, 1.807) is 23.1 Å². The molecule has 4 rings (SSSR count). The minimum atomic E-state index is -0.0117. The number of carbonyl (C=O) groups is 1. The van der Waals surface area contributed by atoms with Crippen molar-refractivity contribution < 1.29 is 4.79 Å². The highest BCUT2D eigenvalue weighted by atomic mass is 32.2. The van der Waals surface area contributed by atoms with E-state index >= 15 is 0 Å². The van der Waals surface area contributed by atoms with Gasteiger partial charge < -0.3 is 9.88 Å². The van der Waals surface area contributed by atoms with Crippen LogP contribution in [0.5, 0.6) is 0 Å². The number of para-hydroxylation sites is 1. The zero-order valence-electron chi connectivity index (χ0n) is 16.6. The van der Waals surface area contributed by atoms with Crippen molar-refractivity contribution in [1.82, 2.24) is 9.97 Å². The van der Waals surface area contributed by atoms with Crippen LogP contribution in [-0.4, -0.2) is 28.2 Å². The molecule has 2 heterocycles. The summed E-state index contributed by atoms with van der Waals surface area (Å²) in [6.45, 7) is 2.64. The van der Waals surface area contributed by atoms with Crippen LogP contribution in [0.25, 0.3) is 10.2 Å². The Morgan fingerprint density at radius 2 is 2.03 bits per heavy atom. The smallest absolute Gasteiger partial charge is 0.259 e. The summed E-state index contributed by atoms with van der Waals surface area (Å²) in [5.41, 5.74) is 2.14. The van der Waals surface area contributed by atoms with Crippen LogP contribution in [0, 0.1) is 0 Å². The summed E-state index contributed by atoms with van der Waals surface area (Å²) >= 11 is 3.31. The molecule has 2 aromatic heterocycles. The fraction of sp³-hybridized carbons (Fsp3) is 0.409. The SMILES string of the molecule is CCN(C(=O)CCSCc1nc2sc3c(c2c(=O)[nH]1)CCCC3)c1ccccc1. The van der Waals surface area contributed by atoms with Gasteiger partial charge in [0.2, 0.25) is 5.91 Å². The maximum absolute atomic E-state index is 12.6. The molecule has 0 unspecified atom stereocenters. The Bertz CT molecular complexity index is 1060. The van der Waals surface area contributed by atoms with Gasteiger partial charge in [0, 0.05) is 29.3 Å². The minimum absolute atomic E-state index is 0.0117. The second kappa shape index (κ2) is 9.13. The van der Waals surface area contributed by atoms with Crippen molar-refractivity contribution in [2.75, 3.05) is 17.2 Å². The monoisotopic (exact) mass is 427 g/mol. The fourth-order valence-corrected chi connectivity index (χ4v) is 5.93.